The minimum absolute atomic E-state index is 0.0380. The zero-order valence-corrected chi connectivity index (χ0v) is 8.83. The summed E-state index contributed by atoms with van der Waals surface area (Å²) in [6.07, 6.45) is 5.62. The second-order valence-electron chi connectivity index (χ2n) is 4.25. The number of hydrogen-bond donors (Lipinski definition) is 2. The Morgan fingerprint density at radius 2 is 2.43 bits per heavy atom. The van der Waals surface area contributed by atoms with E-state index in [2.05, 4.69) is 18.8 Å². The Balaban J connectivity index is 2.29. The lowest BCUT2D eigenvalue weighted by atomic mass is 10.1. The second-order valence-corrected chi connectivity index (χ2v) is 4.25. The average molecular weight is 196 g/mol. The molecule has 0 aromatic rings. The third-order valence-corrected chi connectivity index (χ3v) is 2.80. The molecule has 0 aromatic carbocycles. The molecule has 0 heterocycles. The van der Waals surface area contributed by atoms with Gasteiger partial charge >= 0.3 is 0 Å². The zero-order valence-electron chi connectivity index (χ0n) is 8.83. The Labute approximate surface area is 85.7 Å². The maximum Gasteiger partial charge on any atom is 0.237 e. The molecule has 1 saturated carbocycles. The molecule has 1 aliphatic rings. The van der Waals surface area contributed by atoms with Crippen LogP contribution in [0.5, 0.6) is 0 Å². The first-order chi connectivity index (χ1) is 6.63. The molecule has 0 saturated heterocycles. The molecule has 1 fully saturated rings. The van der Waals surface area contributed by atoms with E-state index in [1.54, 1.807) is 6.08 Å². The number of carbonyl (C=O) groups excluding carboxylic acids is 1. The van der Waals surface area contributed by atoms with Crippen LogP contribution in [0, 0.1) is 5.92 Å². The van der Waals surface area contributed by atoms with Crippen molar-refractivity contribution in [3.05, 3.63) is 12.7 Å². The van der Waals surface area contributed by atoms with Crippen molar-refractivity contribution in [3.63, 3.8) is 0 Å². The fraction of sp³-hybridized carbons (Fsp3) is 0.727. The van der Waals surface area contributed by atoms with Crippen LogP contribution in [0.1, 0.15) is 32.6 Å². The van der Waals surface area contributed by atoms with Gasteiger partial charge in [-0.2, -0.15) is 0 Å². The van der Waals surface area contributed by atoms with E-state index in [0.717, 1.165) is 18.8 Å². The van der Waals surface area contributed by atoms with Crippen molar-refractivity contribution in [2.75, 3.05) is 0 Å². The predicted molar refractivity (Wildman–Crippen MR) is 57.7 cm³/mol. The van der Waals surface area contributed by atoms with Gasteiger partial charge in [-0.25, -0.2) is 0 Å². The van der Waals surface area contributed by atoms with E-state index in [1.165, 1.54) is 6.42 Å². The van der Waals surface area contributed by atoms with Crippen molar-refractivity contribution in [2.24, 2.45) is 11.7 Å². The molecule has 80 valence electrons. The van der Waals surface area contributed by atoms with Gasteiger partial charge in [0.1, 0.15) is 0 Å². The van der Waals surface area contributed by atoms with Gasteiger partial charge in [0.05, 0.1) is 6.04 Å². The molecule has 0 bridgehead atoms. The molecule has 3 heteroatoms. The van der Waals surface area contributed by atoms with Gasteiger partial charge in [0.15, 0.2) is 0 Å². The van der Waals surface area contributed by atoms with Crippen LogP contribution in [0.15, 0.2) is 12.7 Å². The second kappa shape index (κ2) is 5.15. The molecular formula is C11H20N2O. The number of carbonyl (C=O) groups is 1. The standard InChI is InChI=1S/C11H20N2O/c1-3-4-10(12)11(14)13-9-6-5-8(2)7-9/h3,8-10H,1,4-7,12H2,2H3,(H,13,14). The Kier molecular flexibility index (Phi) is 4.14. The van der Waals surface area contributed by atoms with E-state index < -0.39 is 6.04 Å². The first-order valence-electron chi connectivity index (χ1n) is 5.30. The topological polar surface area (TPSA) is 55.1 Å². The molecule has 3 N–H and O–H groups in total. The minimum atomic E-state index is -0.427. The van der Waals surface area contributed by atoms with Crippen molar-refractivity contribution >= 4 is 5.91 Å². The van der Waals surface area contributed by atoms with Crippen LogP contribution in [0.2, 0.25) is 0 Å². The molecule has 0 spiro atoms. The van der Waals surface area contributed by atoms with Crippen LogP contribution in [0.4, 0.5) is 0 Å². The van der Waals surface area contributed by atoms with Gasteiger partial charge in [-0.1, -0.05) is 13.0 Å². The third-order valence-electron chi connectivity index (χ3n) is 2.80. The van der Waals surface area contributed by atoms with Gasteiger partial charge in [-0.3, -0.25) is 4.79 Å². The molecule has 3 nitrogen and oxygen atoms in total. The highest BCUT2D eigenvalue weighted by molar-refractivity contribution is 5.81. The van der Waals surface area contributed by atoms with Gasteiger partial charge in [-0.15, -0.1) is 6.58 Å². The van der Waals surface area contributed by atoms with Crippen LogP contribution < -0.4 is 11.1 Å². The molecule has 1 aliphatic carbocycles. The molecule has 14 heavy (non-hydrogen) atoms. The zero-order chi connectivity index (χ0) is 10.6. The summed E-state index contributed by atoms with van der Waals surface area (Å²) in [6.45, 7) is 5.79. The van der Waals surface area contributed by atoms with Gasteiger partial charge in [-0.05, 0) is 31.6 Å². The van der Waals surface area contributed by atoms with Crippen LogP contribution >= 0.6 is 0 Å². The first-order valence-corrected chi connectivity index (χ1v) is 5.30. The highest BCUT2D eigenvalue weighted by atomic mass is 16.2. The van der Waals surface area contributed by atoms with Crippen LogP contribution in [0.3, 0.4) is 0 Å². The van der Waals surface area contributed by atoms with Crippen molar-refractivity contribution < 1.29 is 4.79 Å². The van der Waals surface area contributed by atoms with E-state index >= 15 is 0 Å². The number of rotatable bonds is 4. The van der Waals surface area contributed by atoms with Crippen molar-refractivity contribution in [3.8, 4) is 0 Å². The van der Waals surface area contributed by atoms with Crippen molar-refractivity contribution in [1.82, 2.24) is 5.32 Å². The molecule has 3 atom stereocenters. The maximum absolute atomic E-state index is 11.5. The normalized spacial score (nSPS) is 28.4. The summed E-state index contributed by atoms with van der Waals surface area (Å²) in [5, 5.41) is 2.98. The SMILES string of the molecule is C=CCC(N)C(=O)NC1CCC(C)C1. The Hall–Kier alpha value is -0.830. The summed E-state index contributed by atoms with van der Waals surface area (Å²) >= 11 is 0. The smallest absolute Gasteiger partial charge is 0.237 e. The summed E-state index contributed by atoms with van der Waals surface area (Å²) < 4.78 is 0. The molecule has 1 rings (SSSR count). The van der Waals surface area contributed by atoms with Crippen LogP contribution in [-0.4, -0.2) is 18.0 Å². The lowest BCUT2D eigenvalue weighted by molar-refractivity contribution is -0.122. The molecule has 0 radical (unpaired) electrons. The third kappa shape index (κ3) is 3.14. The Morgan fingerprint density at radius 3 is 2.93 bits per heavy atom. The fourth-order valence-corrected chi connectivity index (χ4v) is 1.93. The average Bonchev–Trinajstić information content (AvgIpc) is 2.51. The number of nitrogens with two attached hydrogens (primary N) is 1. The monoisotopic (exact) mass is 196 g/mol. The molecule has 0 aromatic heterocycles. The van der Waals surface area contributed by atoms with Gasteiger partial charge in [0.2, 0.25) is 5.91 Å². The molecule has 0 aliphatic heterocycles. The number of hydrogen-bond acceptors (Lipinski definition) is 2. The van der Waals surface area contributed by atoms with E-state index in [0.29, 0.717) is 12.5 Å². The van der Waals surface area contributed by atoms with Gasteiger partial charge in [0.25, 0.3) is 0 Å². The van der Waals surface area contributed by atoms with E-state index in [9.17, 15) is 4.79 Å². The predicted octanol–water partition coefficient (Wildman–Crippen LogP) is 1.19. The summed E-state index contributed by atoms with van der Waals surface area (Å²) in [4.78, 5) is 11.5. The van der Waals surface area contributed by atoms with E-state index in [4.69, 9.17) is 5.73 Å². The van der Waals surface area contributed by atoms with Crippen molar-refractivity contribution in [1.29, 1.82) is 0 Å². The fourth-order valence-electron chi connectivity index (χ4n) is 1.93. The maximum atomic E-state index is 11.5. The minimum Gasteiger partial charge on any atom is -0.352 e. The molecule has 1 amide bonds. The largest absolute Gasteiger partial charge is 0.352 e. The van der Waals surface area contributed by atoms with Crippen LogP contribution in [-0.2, 0) is 4.79 Å². The molecule has 3 unspecified atom stereocenters. The lowest BCUT2D eigenvalue weighted by Crippen LogP contribution is -2.44. The summed E-state index contributed by atoms with van der Waals surface area (Å²) in [7, 11) is 0. The Bertz CT molecular complexity index is 215. The quantitative estimate of drug-likeness (QED) is 0.664. The lowest BCUT2D eigenvalue weighted by Gasteiger charge is -2.15. The van der Waals surface area contributed by atoms with Crippen LogP contribution in [0.25, 0.3) is 0 Å². The van der Waals surface area contributed by atoms with E-state index in [1.807, 2.05) is 0 Å². The Morgan fingerprint density at radius 1 is 1.71 bits per heavy atom. The highest BCUT2D eigenvalue weighted by Gasteiger charge is 2.24. The van der Waals surface area contributed by atoms with Gasteiger partial charge in [0, 0.05) is 6.04 Å². The van der Waals surface area contributed by atoms with Crippen molar-refractivity contribution in [2.45, 2.75) is 44.7 Å². The highest BCUT2D eigenvalue weighted by Crippen LogP contribution is 2.24. The number of amides is 1. The number of nitrogens with one attached hydrogen (secondary N) is 1. The summed E-state index contributed by atoms with van der Waals surface area (Å²) in [5.41, 5.74) is 5.66. The first kappa shape index (κ1) is 11.2. The summed E-state index contributed by atoms with van der Waals surface area (Å²) in [5.74, 6) is 0.694. The van der Waals surface area contributed by atoms with Gasteiger partial charge < -0.3 is 11.1 Å². The molecular weight excluding hydrogens is 176 g/mol. The summed E-state index contributed by atoms with van der Waals surface area (Å²) in [6, 6.07) is -0.0863. The van der Waals surface area contributed by atoms with E-state index in [-0.39, 0.29) is 5.91 Å².